The van der Waals surface area contributed by atoms with Gasteiger partial charge in [0.25, 0.3) is 0 Å². The fourth-order valence-corrected chi connectivity index (χ4v) is 2.58. The topological polar surface area (TPSA) is 41.1 Å². The van der Waals surface area contributed by atoms with Crippen molar-refractivity contribution in [2.45, 2.75) is 64.0 Å². The molecule has 0 aromatic rings. The predicted molar refractivity (Wildman–Crippen MR) is 65.2 cm³/mol. The Labute approximate surface area is 98.4 Å². The van der Waals surface area contributed by atoms with Gasteiger partial charge in [0.05, 0.1) is 0 Å². The molecule has 0 bridgehead atoms. The van der Waals surface area contributed by atoms with Crippen LogP contribution >= 0.6 is 0 Å². The molecular weight excluding hydrogens is 200 g/mol. The molecule has 1 atom stereocenters. The van der Waals surface area contributed by atoms with Crippen LogP contribution in [0.3, 0.4) is 0 Å². The summed E-state index contributed by atoms with van der Waals surface area (Å²) in [6, 6.07) is 1.08. The minimum atomic E-state index is 0.215. The summed E-state index contributed by atoms with van der Waals surface area (Å²) in [6.07, 6.45) is 8.49. The van der Waals surface area contributed by atoms with Crippen molar-refractivity contribution in [3.63, 3.8) is 0 Å². The number of nitrogens with one attached hydrogen (secondary N) is 2. The van der Waals surface area contributed by atoms with E-state index in [1.165, 1.54) is 38.5 Å². The van der Waals surface area contributed by atoms with Gasteiger partial charge in [-0.25, -0.2) is 0 Å². The molecule has 2 aliphatic rings. The zero-order valence-corrected chi connectivity index (χ0v) is 10.3. The van der Waals surface area contributed by atoms with Crippen molar-refractivity contribution in [1.29, 1.82) is 0 Å². The van der Waals surface area contributed by atoms with Gasteiger partial charge >= 0.3 is 0 Å². The zero-order valence-electron chi connectivity index (χ0n) is 10.3. The van der Waals surface area contributed by atoms with Crippen LogP contribution in [0.2, 0.25) is 0 Å². The summed E-state index contributed by atoms with van der Waals surface area (Å²) in [6.45, 7) is 3.00. The summed E-state index contributed by atoms with van der Waals surface area (Å²) in [4.78, 5) is 11.7. The van der Waals surface area contributed by atoms with Crippen LogP contribution in [0.15, 0.2) is 0 Å². The van der Waals surface area contributed by atoms with E-state index in [0.717, 1.165) is 12.5 Å². The summed E-state index contributed by atoms with van der Waals surface area (Å²) in [5.74, 6) is 0.938. The van der Waals surface area contributed by atoms with Crippen LogP contribution in [-0.2, 0) is 4.79 Å². The first-order chi connectivity index (χ1) is 7.75. The molecule has 0 aromatic carbocycles. The summed E-state index contributed by atoms with van der Waals surface area (Å²) in [7, 11) is 0. The van der Waals surface area contributed by atoms with Crippen molar-refractivity contribution in [3.8, 4) is 0 Å². The van der Waals surface area contributed by atoms with Gasteiger partial charge < -0.3 is 10.6 Å². The highest BCUT2D eigenvalue weighted by Crippen LogP contribution is 2.27. The van der Waals surface area contributed by atoms with Crippen molar-refractivity contribution >= 4 is 5.91 Å². The van der Waals surface area contributed by atoms with Crippen molar-refractivity contribution in [3.05, 3.63) is 0 Å². The number of hydrogen-bond acceptors (Lipinski definition) is 2. The first-order valence-corrected chi connectivity index (χ1v) is 6.78. The van der Waals surface area contributed by atoms with Crippen LogP contribution < -0.4 is 10.6 Å². The third kappa shape index (κ3) is 3.78. The van der Waals surface area contributed by atoms with Gasteiger partial charge in [0.2, 0.25) is 5.91 Å². The molecule has 2 fully saturated rings. The Kier molecular flexibility index (Phi) is 4.22. The average molecular weight is 224 g/mol. The van der Waals surface area contributed by atoms with E-state index in [4.69, 9.17) is 0 Å². The first-order valence-electron chi connectivity index (χ1n) is 6.78. The van der Waals surface area contributed by atoms with Crippen LogP contribution in [0.25, 0.3) is 0 Å². The van der Waals surface area contributed by atoms with Gasteiger partial charge in [0.15, 0.2) is 0 Å². The molecule has 3 nitrogen and oxygen atoms in total. The van der Waals surface area contributed by atoms with Crippen molar-refractivity contribution in [2.24, 2.45) is 5.92 Å². The van der Waals surface area contributed by atoms with Gasteiger partial charge in [0, 0.05) is 25.0 Å². The Hall–Kier alpha value is -0.570. The fourth-order valence-electron chi connectivity index (χ4n) is 2.58. The standard InChI is InChI=1S/C13H24N2O/c1-10(11-4-2-3-5-11)15-13(16)8-9-14-12-6-7-12/h10-12,14H,2-9H2,1H3,(H,15,16)/t10-/m0/s1. The Bertz CT molecular complexity index is 232. The molecule has 2 rings (SSSR count). The van der Waals surface area contributed by atoms with Gasteiger partial charge in [-0.2, -0.15) is 0 Å². The fraction of sp³-hybridized carbons (Fsp3) is 0.923. The van der Waals surface area contributed by atoms with E-state index in [9.17, 15) is 4.79 Å². The third-order valence-electron chi connectivity index (χ3n) is 3.86. The Morgan fingerprint density at radius 3 is 2.56 bits per heavy atom. The van der Waals surface area contributed by atoms with Crippen molar-refractivity contribution < 1.29 is 4.79 Å². The molecule has 0 heterocycles. The van der Waals surface area contributed by atoms with Gasteiger partial charge in [-0.15, -0.1) is 0 Å². The summed E-state index contributed by atoms with van der Waals surface area (Å²) in [5.41, 5.74) is 0. The largest absolute Gasteiger partial charge is 0.353 e. The molecular formula is C13H24N2O. The normalized spacial score (nSPS) is 23.3. The second-order valence-electron chi connectivity index (χ2n) is 5.38. The SMILES string of the molecule is C[C@H](NC(=O)CCNC1CC1)C1CCCC1. The number of carbonyl (C=O) groups excluding carboxylic acids is 1. The van der Waals surface area contributed by atoms with Crippen LogP contribution in [0.1, 0.15) is 51.9 Å². The lowest BCUT2D eigenvalue weighted by Gasteiger charge is -2.20. The van der Waals surface area contributed by atoms with Crippen LogP contribution in [0.5, 0.6) is 0 Å². The highest BCUT2D eigenvalue weighted by atomic mass is 16.1. The van der Waals surface area contributed by atoms with Crippen LogP contribution in [-0.4, -0.2) is 24.5 Å². The van der Waals surface area contributed by atoms with Gasteiger partial charge in [0.1, 0.15) is 0 Å². The zero-order chi connectivity index (χ0) is 11.4. The maximum Gasteiger partial charge on any atom is 0.221 e. The maximum atomic E-state index is 11.7. The molecule has 2 aliphatic carbocycles. The molecule has 0 unspecified atom stereocenters. The second-order valence-corrected chi connectivity index (χ2v) is 5.38. The Morgan fingerprint density at radius 2 is 1.94 bits per heavy atom. The molecule has 0 aromatic heterocycles. The number of amides is 1. The van der Waals surface area contributed by atoms with Crippen molar-refractivity contribution in [2.75, 3.05) is 6.54 Å². The quantitative estimate of drug-likeness (QED) is 0.722. The van der Waals surface area contributed by atoms with E-state index in [-0.39, 0.29) is 5.91 Å². The highest BCUT2D eigenvalue weighted by molar-refractivity contribution is 5.76. The highest BCUT2D eigenvalue weighted by Gasteiger charge is 2.23. The monoisotopic (exact) mass is 224 g/mol. The second kappa shape index (κ2) is 5.67. The van der Waals surface area contributed by atoms with E-state index >= 15 is 0 Å². The van der Waals surface area contributed by atoms with E-state index in [1.54, 1.807) is 0 Å². The first kappa shape index (κ1) is 11.9. The molecule has 0 radical (unpaired) electrons. The van der Waals surface area contributed by atoms with Crippen LogP contribution in [0.4, 0.5) is 0 Å². The molecule has 2 saturated carbocycles. The van der Waals surface area contributed by atoms with E-state index < -0.39 is 0 Å². The smallest absolute Gasteiger partial charge is 0.221 e. The summed E-state index contributed by atoms with van der Waals surface area (Å²) >= 11 is 0. The van der Waals surface area contributed by atoms with E-state index in [0.29, 0.717) is 18.5 Å². The molecule has 0 spiro atoms. The third-order valence-corrected chi connectivity index (χ3v) is 3.86. The minimum Gasteiger partial charge on any atom is -0.353 e. The van der Waals surface area contributed by atoms with Gasteiger partial charge in [-0.3, -0.25) is 4.79 Å². The Balaban J connectivity index is 1.57. The molecule has 2 N–H and O–H groups in total. The van der Waals surface area contributed by atoms with Gasteiger partial charge in [-0.1, -0.05) is 12.8 Å². The molecule has 92 valence electrons. The summed E-state index contributed by atoms with van der Waals surface area (Å²) < 4.78 is 0. The van der Waals surface area contributed by atoms with Crippen molar-refractivity contribution in [1.82, 2.24) is 10.6 Å². The van der Waals surface area contributed by atoms with E-state index in [1.807, 2.05) is 0 Å². The maximum absolute atomic E-state index is 11.7. The molecule has 16 heavy (non-hydrogen) atoms. The van der Waals surface area contributed by atoms with Gasteiger partial charge in [-0.05, 0) is 38.5 Å². The lowest BCUT2D eigenvalue weighted by atomic mass is 10.00. The number of carbonyl (C=O) groups is 1. The number of hydrogen-bond donors (Lipinski definition) is 2. The number of rotatable bonds is 6. The minimum absolute atomic E-state index is 0.215. The lowest BCUT2D eigenvalue weighted by Crippen LogP contribution is -2.38. The summed E-state index contributed by atoms with van der Waals surface area (Å²) in [5, 5.41) is 6.51. The lowest BCUT2D eigenvalue weighted by molar-refractivity contribution is -0.121. The predicted octanol–water partition coefficient (Wildman–Crippen LogP) is 1.82. The Morgan fingerprint density at radius 1 is 1.25 bits per heavy atom. The van der Waals surface area contributed by atoms with Crippen LogP contribution in [0, 0.1) is 5.92 Å². The van der Waals surface area contributed by atoms with E-state index in [2.05, 4.69) is 17.6 Å². The average Bonchev–Trinajstić information content (AvgIpc) is 2.91. The molecule has 0 aliphatic heterocycles. The molecule has 0 saturated heterocycles. The molecule has 3 heteroatoms. The molecule has 1 amide bonds.